The van der Waals surface area contributed by atoms with E-state index >= 15 is 0 Å². The summed E-state index contributed by atoms with van der Waals surface area (Å²) in [6.07, 6.45) is 1.40. The summed E-state index contributed by atoms with van der Waals surface area (Å²) in [4.78, 5) is 22.6. The lowest BCUT2D eigenvalue weighted by Gasteiger charge is -2.09. The van der Waals surface area contributed by atoms with Crippen molar-refractivity contribution in [2.75, 3.05) is 13.7 Å². The highest BCUT2D eigenvalue weighted by molar-refractivity contribution is 5.94. The zero-order valence-corrected chi connectivity index (χ0v) is 13.4. The van der Waals surface area contributed by atoms with Crippen LogP contribution in [0.1, 0.15) is 15.9 Å². The molecular formula is C17H16FN3O4. The van der Waals surface area contributed by atoms with Crippen LogP contribution in [-0.4, -0.2) is 31.7 Å². The SMILES string of the molecule is COc1cc(/C=N/NC(=O)c2ccc(F)cc2)ccc1OCC(N)=O. The molecule has 0 bridgehead atoms. The standard InChI is InChI=1S/C17H16FN3O4/c1-24-15-8-11(2-7-14(15)25-10-16(19)22)9-20-21-17(23)12-3-5-13(18)6-4-12/h2-9H,10H2,1H3,(H2,19,22)(H,21,23)/b20-9+. The van der Waals surface area contributed by atoms with Gasteiger partial charge in [-0.25, -0.2) is 9.82 Å². The molecule has 0 unspecified atom stereocenters. The summed E-state index contributed by atoms with van der Waals surface area (Å²) >= 11 is 0. The van der Waals surface area contributed by atoms with Crippen LogP contribution in [0.15, 0.2) is 47.6 Å². The Kier molecular flexibility index (Phi) is 6.05. The van der Waals surface area contributed by atoms with E-state index in [0.717, 1.165) is 0 Å². The molecule has 0 radical (unpaired) electrons. The lowest BCUT2D eigenvalue weighted by atomic mass is 10.2. The van der Waals surface area contributed by atoms with Gasteiger partial charge in [0.05, 0.1) is 13.3 Å². The maximum atomic E-state index is 12.8. The Morgan fingerprint density at radius 3 is 2.56 bits per heavy atom. The van der Waals surface area contributed by atoms with E-state index in [0.29, 0.717) is 17.1 Å². The second-order valence-corrected chi connectivity index (χ2v) is 4.87. The number of nitrogens with zero attached hydrogens (tertiary/aromatic N) is 1. The molecule has 2 rings (SSSR count). The summed E-state index contributed by atoms with van der Waals surface area (Å²) in [6, 6.07) is 9.95. The lowest BCUT2D eigenvalue weighted by Crippen LogP contribution is -2.20. The number of carbonyl (C=O) groups excluding carboxylic acids is 2. The Morgan fingerprint density at radius 1 is 1.20 bits per heavy atom. The van der Waals surface area contributed by atoms with E-state index in [1.54, 1.807) is 18.2 Å². The fourth-order valence-corrected chi connectivity index (χ4v) is 1.86. The summed E-state index contributed by atoms with van der Waals surface area (Å²) in [6.45, 7) is -0.266. The quantitative estimate of drug-likeness (QED) is 0.586. The predicted molar refractivity (Wildman–Crippen MR) is 89.1 cm³/mol. The number of halogens is 1. The van der Waals surface area contributed by atoms with Crippen molar-refractivity contribution in [2.24, 2.45) is 10.8 Å². The Bertz CT molecular complexity index is 791. The highest BCUT2D eigenvalue weighted by Crippen LogP contribution is 2.27. The van der Waals surface area contributed by atoms with Crippen LogP contribution in [0.3, 0.4) is 0 Å². The number of nitrogens with one attached hydrogen (secondary N) is 1. The number of nitrogens with two attached hydrogens (primary N) is 1. The van der Waals surface area contributed by atoms with Crippen LogP contribution in [0.2, 0.25) is 0 Å². The van der Waals surface area contributed by atoms with Gasteiger partial charge in [0.15, 0.2) is 18.1 Å². The van der Waals surface area contributed by atoms with Crippen LogP contribution in [0.25, 0.3) is 0 Å². The molecule has 130 valence electrons. The minimum absolute atomic E-state index is 0.266. The molecule has 0 aliphatic rings. The van der Waals surface area contributed by atoms with Crippen LogP contribution in [0.4, 0.5) is 4.39 Å². The van der Waals surface area contributed by atoms with E-state index in [-0.39, 0.29) is 12.2 Å². The third-order valence-electron chi connectivity index (χ3n) is 3.04. The number of hydrogen-bond acceptors (Lipinski definition) is 5. The van der Waals surface area contributed by atoms with Gasteiger partial charge in [0.1, 0.15) is 5.82 Å². The second kappa shape index (κ2) is 8.44. The number of hydrogen-bond donors (Lipinski definition) is 2. The molecule has 2 aromatic rings. The van der Waals surface area contributed by atoms with Gasteiger partial charge in [-0.3, -0.25) is 9.59 Å². The number of carbonyl (C=O) groups is 2. The van der Waals surface area contributed by atoms with Crippen molar-refractivity contribution in [3.63, 3.8) is 0 Å². The third-order valence-corrected chi connectivity index (χ3v) is 3.04. The fraction of sp³-hybridized carbons (Fsp3) is 0.118. The van der Waals surface area contributed by atoms with E-state index in [4.69, 9.17) is 15.2 Å². The van der Waals surface area contributed by atoms with Crippen LogP contribution < -0.4 is 20.6 Å². The first kappa shape index (κ1) is 17.9. The van der Waals surface area contributed by atoms with Gasteiger partial charge < -0.3 is 15.2 Å². The Labute approximate surface area is 143 Å². The Morgan fingerprint density at radius 2 is 1.92 bits per heavy atom. The highest BCUT2D eigenvalue weighted by Gasteiger charge is 2.07. The minimum Gasteiger partial charge on any atom is -0.493 e. The molecule has 0 aliphatic heterocycles. The summed E-state index contributed by atoms with van der Waals surface area (Å²) in [5.74, 6) is -0.754. The summed E-state index contributed by atoms with van der Waals surface area (Å²) in [5.41, 5.74) is 8.27. The maximum Gasteiger partial charge on any atom is 0.271 e. The lowest BCUT2D eigenvalue weighted by molar-refractivity contribution is -0.119. The molecule has 0 atom stereocenters. The predicted octanol–water partition coefficient (Wildman–Crippen LogP) is 1.46. The topological polar surface area (TPSA) is 103 Å². The summed E-state index contributed by atoms with van der Waals surface area (Å²) < 4.78 is 23.2. The molecule has 0 aromatic heterocycles. The fourth-order valence-electron chi connectivity index (χ4n) is 1.86. The molecule has 7 nitrogen and oxygen atoms in total. The number of primary amides is 1. The van der Waals surface area contributed by atoms with Gasteiger partial charge in [0.2, 0.25) is 0 Å². The van der Waals surface area contributed by atoms with Crippen molar-refractivity contribution >= 4 is 18.0 Å². The van der Waals surface area contributed by atoms with Gasteiger partial charge in [-0.15, -0.1) is 0 Å². The molecule has 2 aromatic carbocycles. The van der Waals surface area contributed by atoms with Crippen LogP contribution in [-0.2, 0) is 4.79 Å². The number of ether oxygens (including phenoxy) is 2. The van der Waals surface area contributed by atoms with Crippen molar-refractivity contribution in [1.29, 1.82) is 0 Å². The van der Waals surface area contributed by atoms with Crippen LogP contribution >= 0.6 is 0 Å². The smallest absolute Gasteiger partial charge is 0.271 e. The maximum absolute atomic E-state index is 12.8. The average Bonchev–Trinajstić information content (AvgIpc) is 2.60. The third kappa shape index (κ3) is 5.31. The van der Waals surface area contributed by atoms with E-state index in [9.17, 15) is 14.0 Å². The minimum atomic E-state index is -0.601. The van der Waals surface area contributed by atoms with Crippen LogP contribution in [0, 0.1) is 5.82 Å². The van der Waals surface area contributed by atoms with E-state index in [1.165, 1.54) is 37.6 Å². The van der Waals surface area contributed by atoms with Crippen molar-refractivity contribution in [1.82, 2.24) is 5.43 Å². The van der Waals surface area contributed by atoms with E-state index < -0.39 is 17.6 Å². The summed E-state index contributed by atoms with van der Waals surface area (Å²) in [5, 5.41) is 3.83. The van der Waals surface area contributed by atoms with E-state index in [2.05, 4.69) is 10.5 Å². The molecule has 25 heavy (non-hydrogen) atoms. The van der Waals surface area contributed by atoms with E-state index in [1.807, 2.05) is 0 Å². The highest BCUT2D eigenvalue weighted by atomic mass is 19.1. The molecule has 0 heterocycles. The second-order valence-electron chi connectivity index (χ2n) is 4.87. The van der Waals surface area contributed by atoms with Crippen molar-refractivity contribution in [2.45, 2.75) is 0 Å². The van der Waals surface area contributed by atoms with Crippen molar-refractivity contribution < 1.29 is 23.5 Å². The zero-order valence-electron chi connectivity index (χ0n) is 13.4. The normalized spacial score (nSPS) is 10.5. The molecule has 2 amide bonds. The molecule has 0 fully saturated rings. The number of benzene rings is 2. The van der Waals surface area contributed by atoms with Gasteiger partial charge >= 0.3 is 0 Å². The molecule has 0 spiro atoms. The van der Waals surface area contributed by atoms with Crippen molar-refractivity contribution in [3.05, 3.63) is 59.4 Å². The van der Waals surface area contributed by atoms with Gasteiger partial charge in [0, 0.05) is 5.56 Å². The van der Waals surface area contributed by atoms with Crippen molar-refractivity contribution in [3.8, 4) is 11.5 Å². The van der Waals surface area contributed by atoms with Gasteiger partial charge in [-0.2, -0.15) is 5.10 Å². The number of rotatable bonds is 7. The first-order valence-corrected chi connectivity index (χ1v) is 7.17. The zero-order chi connectivity index (χ0) is 18.2. The largest absolute Gasteiger partial charge is 0.493 e. The van der Waals surface area contributed by atoms with Gasteiger partial charge in [-0.1, -0.05) is 0 Å². The Hall–Kier alpha value is -3.42. The number of amides is 2. The average molecular weight is 345 g/mol. The van der Waals surface area contributed by atoms with Crippen LogP contribution in [0.5, 0.6) is 11.5 Å². The monoisotopic (exact) mass is 345 g/mol. The number of methoxy groups -OCH3 is 1. The molecular weight excluding hydrogens is 329 g/mol. The molecule has 0 saturated carbocycles. The first-order valence-electron chi connectivity index (χ1n) is 7.17. The Balaban J connectivity index is 2.01. The van der Waals surface area contributed by atoms with Gasteiger partial charge in [0.25, 0.3) is 11.8 Å². The number of hydrazone groups is 1. The molecule has 8 heteroatoms. The van der Waals surface area contributed by atoms with Gasteiger partial charge in [-0.05, 0) is 48.0 Å². The first-order chi connectivity index (χ1) is 12.0. The molecule has 0 saturated heterocycles. The molecule has 3 N–H and O–H groups in total. The summed E-state index contributed by atoms with van der Waals surface area (Å²) in [7, 11) is 1.45. The molecule has 0 aliphatic carbocycles.